The van der Waals surface area contributed by atoms with Crippen LogP contribution in [-0.4, -0.2) is 37.6 Å². The third kappa shape index (κ3) is 3.73. The number of carbonyl (C=O) groups is 1. The summed E-state index contributed by atoms with van der Waals surface area (Å²) in [5.74, 6) is 0.772. The fourth-order valence-electron chi connectivity index (χ4n) is 2.74. The van der Waals surface area contributed by atoms with E-state index in [0.29, 0.717) is 18.2 Å². The van der Waals surface area contributed by atoms with E-state index in [1.165, 1.54) is 12.8 Å². The highest BCUT2D eigenvalue weighted by Gasteiger charge is 2.22. The van der Waals surface area contributed by atoms with Crippen molar-refractivity contribution in [2.75, 3.05) is 26.0 Å². The molecule has 0 radical (unpaired) electrons. The number of anilines is 1. The molecule has 1 aliphatic rings. The predicted molar refractivity (Wildman–Crippen MR) is 81.2 cm³/mol. The summed E-state index contributed by atoms with van der Waals surface area (Å²) >= 11 is 0. The van der Waals surface area contributed by atoms with E-state index in [0.717, 1.165) is 24.2 Å². The van der Waals surface area contributed by atoms with E-state index in [1.54, 1.807) is 7.11 Å². The van der Waals surface area contributed by atoms with Gasteiger partial charge in [-0.3, -0.25) is 4.79 Å². The van der Waals surface area contributed by atoms with Crippen LogP contribution in [0.5, 0.6) is 5.75 Å². The Bertz CT molecular complexity index is 474. The third-order valence-electron chi connectivity index (χ3n) is 3.97. The number of hydrogen-bond acceptors (Lipinski definition) is 3. The van der Waals surface area contributed by atoms with Crippen LogP contribution < -0.4 is 10.1 Å². The Morgan fingerprint density at radius 1 is 1.45 bits per heavy atom. The normalized spacial score (nSPS) is 19.6. The van der Waals surface area contributed by atoms with Gasteiger partial charge in [0.2, 0.25) is 5.91 Å². The molecule has 0 saturated carbocycles. The monoisotopic (exact) mass is 276 g/mol. The van der Waals surface area contributed by atoms with Crippen molar-refractivity contribution in [2.24, 2.45) is 0 Å². The fourth-order valence-corrected chi connectivity index (χ4v) is 2.74. The van der Waals surface area contributed by atoms with E-state index < -0.39 is 0 Å². The Morgan fingerprint density at radius 3 is 2.95 bits per heavy atom. The number of methoxy groups -OCH3 is 1. The summed E-state index contributed by atoms with van der Waals surface area (Å²) in [6, 6.07) is 6.17. The van der Waals surface area contributed by atoms with E-state index in [-0.39, 0.29) is 5.91 Å². The van der Waals surface area contributed by atoms with Crippen LogP contribution in [0.1, 0.15) is 31.2 Å². The Hall–Kier alpha value is -1.55. The van der Waals surface area contributed by atoms with Crippen LogP contribution in [0.4, 0.5) is 5.69 Å². The Labute approximate surface area is 121 Å². The van der Waals surface area contributed by atoms with Gasteiger partial charge in [-0.25, -0.2) is 0 Å². The first kappa shape index (κ1) is 14.9. The van der Waals surface area contributed by atoms with Gasteiger partial charge in [0.25, 0.3) is 0 Å². The average Bonchev–Trinajstić information content (AvgIpc) is 2.41. The minimum absolute atomic E-state index is 0.0626. The molecule has 0 aromatic heterocycles. The van der Waals surface area contributed by atoms with Gasteiger partial charge in [0.15, 0.2) is 0 Å². The minimum Gasteiger partial charge on any atom is -0.495 e. The lowest BCUT2D eigenvalue weighted by molar-refractivity contribution is -0.117. The smallest absolute Gasteiger partial charge is 0.226 e. The first-order valence-electron chi connectivity index (χ1n) is 7.25. The molecule has 1 aromatic carbocycles. The van der Waals surface area contributed by atoms with Gasteiger partial charge >= 0.3 is 0 Å². The SMILES string of the molecule is COc1ccc(C)cc1NC(=O)CC1CCCCN1C. The number of hydrogen-bond donors (Lipinski definition) is 1. The maximum Gasteiger partial charge on any atom is 0.226 e. The molecule has 1 fully saturated rings. The Kier molecular flexibility index (Phi) is 5.01. The van der Waals surface area contributed by atoms with Crippen LogP contribution in [0, 0.1) is 6.92 Å². The van der Waals surface area contributed by atoms with Crippen molar-refractivity contribution in [3.63, 3.8) is 0 Å². The van der Waals surface area contributed by atoms with Gasteiger partial charge in [0, 0.05) is 12.5 Å². The number of rotatable bonds is 4. The zero-order valence-corrected chi connectivity index (χ0v) is 12.6. The van der Waals surface area contributed by atoms with Gasteiger partial charge in [-0.15, -0.1) is 0 Å². The van der Waals surface area contributed by atoms with Gasteiger partial charge in [0.05, 0.1) is 12.8 Å². The fraction of sp³-hybridized carbons (Fsp3) is 0.562. The molecule has 1 amide bonds. The second-order valence-electron chi connectivity index (χ2n) is 5.59. The summed E-state index contributed by atoms with van der Waals surface area (Å²) in [6.07, 6.45) is 4.11. The summed E-state index contributed by atoms with van der Waals surface area (Å²) in [5.41, 5.74) is 1.87. The molecule has 1 aliphatic heterocycles. The molecule has 1 unspecified atom stereocenters. The molecule has 0 aliphatic carbocycles. The van der Waals surface area contributed by atoms with E-state index in [9.17, 15) is 4.79 Å². The number of nitrogens with zero attached hydrogens (tertiary/aromatic N) is 1. The zero-order chi connectivity index (χ0) is 14.5. The van der Waals surface area contributed by atoms with Gasteiger partial charge in [-0.1, -0.05) is 12.5 Å². The van der Waals surface area contributed by atoms with Crippen LogP contribution in [0.2, 0.25) is 0 Å². The van der Waals surface area contributed by atoms with E-state index in [4.69, 9.17) is 4.74 Å². The Balaban J connectivity index is 1.99. The van der Waals surface area contributed by atoms with Crippen molar-refractivity contribution in [1.29, 1.82) is 0 Å². The van der Waals surface area contributed by atoms with E-state index >= 15 is 0 Å². The molecule has 1 saturated heterocycles. The number of piperidine rings is 1. The summed E-state index contributed by atoms with van der Waals surface area (Å²) in [6.45, 7) is 3.09. The van der Waals surface area contributed by atoms with Crippen molar-refractivity contribution in [3.8, 4) is 5.75 Å². The lowest BCUT2D eigenvalue weighted by Gasteiger charge is -2.32. The summed E-state index contributed by atoms with van der Waals surface area (Å²) in [5, 5.41) is 2.98. The molecule has 1 heterocycles. The summed E-state index contributed by atoms with van der Waals surface area (Å²) in [4.78, 5) is 14.5. The number of aryl methyl sites for hydroxylation is 1. The summed E-state index contributed by atoms with van der Waals surface area (Å²) < 4.78 is 5.29. The third-order valence-corrected chi connectivity index (χ3v) is 3.97. The van der Waals surface area contributed by atoms with Crippen LogP contribution in [0.3, 0.4) is 0 Å². The first-order chi connectivity index (χ1) is 9.60. The second-order valence-corrected chi connectivity index (χ2v) is 5.59. The number of nitrogens with one attached hydrogen (secondary N) is 1. The van der Waals surface area contributed by atoms with Crippen LogP contribution >= 0.6 is 0 Å². The van der Waals surface area contributed by atoms with Gasteiger partial charge in [-0.2, -0.15) is 0 Å². The summed E-state index contributed by atoms with van der Waals surface area (Å²) in [7, 11) is 3.72. The lowest BCUT2D eigenvalue weighted by Crippen LogP contribution is -2.38. The molecule has 4 nitrogen and oxygen atoms in total. The molecule has 110 valence electrons. The van der Waals surface area contributed by atoms with Crippen molar-refractivity contribution in [3.05, 3.63) is 23.8 Å². The van der Waals surface area contributed by atoms with Crippen LogP contribution in [0.25, 0.3) is 0 Å². The zero-order valence-electron chi connectivity index (χ0n) is 12.6. The lowest BCUT2D eigenvalue weighted by atomic mass is 10.00. The van der Waals surface area contributed by atoms with Crippen LogP contribution in [-0.2, 0) is 4.79 Å². The maximum atomic E-state index is 12.2. The molecule has 1 N–H and O–H groups in total. The van der Waals surface area contributed by atoms with Gasteiger partial charge in [0.1, 0.15) is 5.75 Å². The molecule has 4 heteroatoms. The molecule has 0 bridgehead atoms. The van der Waals surface area contributed by atoms with Crippen LogP contribution in [0.15, 0.2) is 18.2 Å². The van der Waals surface area contributed by atoms with Crippen molar-refractivity contribution < 1.29 is 9.53 Å². The number of ether oxygens (including phenoxy) is 1. The standard InChI is InChI=1S/C16H24N2O2/c1-12-7-8-15(20-3)14(10-12)17-16(19)11-13-6-4-5-9-18(13)2/h7-8,10,13H,4-6,9,11H2,1-3H3,(H,17,19). The highest BCUT2D eigenvalue weighted by molar-refractivity contribution is 5.92. The number of likely N-dealkylation sites (tertiary alicyclic amines) is 1. The number of carbonyl (C=O) groups excluding carboxylic acids is 1. The molecule has 1 aromatic rings. The minimum atomic E-state index is 0.0626. The van der Waals surface area contributed by atoms with E-state index in [1.807, 2.05) is 25.1 Å². The van der Waals surface area contributed by atoms with E-state index in [2.05, 4.69) is 17.3 Å². The molecule has 0 spiro atoms. The Morgan fingerprint density at radius 2 is 2.25 bits per heavy atom. The van der Waals surface area contributed by atoms with Gasteiger partial charge in [-0.05, 0) is 51.1 Å². The molecule has 2 rings (SSSR count). The maximum absolute atomic E-state index is 12.2. The predicted octanol–water partition coefficient (Wildman–Crippen LogP) is 2.82. The second kappa shape index (κ2) is 6.75. The molecular weight excluding hydrogens is 252 g/mol. The van der Waals surface area contributed by atoms with Gasteiger partial charge < -0.3 is 15.0 Å². The van der Waals surface area contributed by atoms with Crippen molar-refractivity contribution in [1.82, 2.24) is 4.90 Å². The number of amides is 1. The molecule has 20 heavy (non-hydrogen) atoms. The average molecular weight is 276 g/mol. The topological polar surface area (TPSA) is 41.6 Å². The van der Waals surface area contributed by atoms with Crippen molar-refractivity contribution >= 4 is 11.6 Å². The molecular formula is C16H24N2O2. The quantitative estimate of drug-likeness (QED) is 0.919. The number of benzene rings is 1. The molecule has 1 atom stereocenters. The highest BCUT2D eigenvalue weighted by Crippen LogP contribution is 2.26. The van der Waals surface area contributed by atoms with Crippen molar-refractivity contribution in [2.45, 2.75) is 38.6 Å². The largest absolute Gasteiger partial charge is 0.495 e. The highest BCUT2D eigenvalue weighted by atomic mass is 16.5. The first-order valence-corrected chi connectivity index (χ1v) is 7.25.